The first-order valence-electron chi connectivity index (χ1n) is 5.64. The van der Waals surface area contributed by atoms with Crippen molar-refractivity contribution in [3.63, 3.8) is 0 Å². The van der Waals surface area contributed by atoms with Gasteiger partial charge in [-0.15, -0.1) is 0 Å². The van der Waals surface area contributed by atoms with Gasteiger partial charge in [0.1, 0.15) is 17.4 Å². The van der Waals surface area contributed by atoms with Crippen LogP contribution in [0.4, 0.5) is 0 Å². The summed E-state index contributed by atoms with van der Waals surface area (Å²) in [4.78, 5) is 0. The van der Waals surface area contributed by atoms with Gasteiger partial charge in [0.25, 0.3) is 0 Å². The van der Waals surface area contributed by atoms with Gasteiger partial charge in [-0.1, -0.05) is 24.5 Å². The van der Waals surface area contributed by atoms with Crippen LogP contribution >= 0.6 is 0 Å². The van der Waals surface area contributed by atoms with E-state index in [1.165, 1.54) is 0 Å². The average Bonchev–Trinajstić information content (AvgIpc) is 2.26. The molecular formula is C14H19NO2. The zero-order chi connectivity index (χ0) is 12.9. The number of rotatable bonds is 3. The number of hydrogen-bond acceptors (Lipinski definition) is 3. The maximum Gasteiger partial charge on any atom is 0.120 e. The lowest BCUT2D eigenvalue weighted by Crippen LogP contribution is -2.25. The number of nitrogens with one attached hydrogen (secondary N) is 1. The Hall–Kier alpha value is -1.66. The standard InChI is InChI=1S/C14H19NO2/c1-5-17-11(2)12-6-7-13(15-10-12)8-9-14(3,4)16/h6-7,10,13,15-16H,2,5H2,1,3-4H3. The molecule has 0 fully saturated rings. The monoisotopic (exact) mass is 233 g/mol. The number of dihydropyridines is 1. The van der Waals surface area contributed by atoms with Crippen molar-refractivity contribution in [3.8, 4) is 11.8 Å². The Kier molecular flexibility index (Phi) is 4.42. The summed E-state index contributed by atoms with van der Waals surface area (Å²) in [7, 11) is 0. The zero-order valence-electron chi connectivity index (χ0n) is 10.6. The summed E-state index contributed by atoms with van der Waals surface area (Å²) in [5, 5.41) is 12.6. The van der Waals surface area contributed by atoms with Crippen LogP contribution in [0.5, 0.6) is 0 Å². The highest BCUT2D eigenvalue weighted by molar-refractivity contribution is 5.39. The molecule has 1 unspecified atom stereocenters. The van der Waals surface area contributed by atoms with Crippen LogP contribution in [0.25, 0.3) is 0 Å². The topological polar surface area (TPSA) is 41.5 Å². The molecule has 0 aromatic carbocycles. The van der Waals surface area contributed by atoms with Crippen LogP contribution in [0.2, 0.25) is 0 Å². The van der Waals surface area contributed by atoms with Gasteiger partial charge >= 0.3 is 0 Å². The third kappa shape index (κ3) is 4.80. The van der Waals surface area contributed by atoms with Gasteiger partial charge < -0.3 is 15.2 Å². The number of allylic oxidation sites excluding steroid dienone is 1. The average molecular weight is 233 g/mol. The van der Waals surface area contributed by atoms with Crippen molar-refractivity contribution in [1.82, 2.24) is 5.32 Å². The third-order valence-electron chi connectivity index (χ3n) is 2.06. The molecule has 1 atom stereocenters. The molecule has 3 nitrogen and oxygen atoms in total. The predicted molar refractivity (Wildman–Crippen MR) is 69.0 cm³/mol. The molecule has 3 heteroatoms. The van der Waals surface area contributed by atoms with E-state index in [2.05, 4.69) is 23.7 Å². The van der Waals surface area contributed by atoms with Crippen LogP contribution in [0.1, 0.15) is 20.8 Å². The van der Waals surface area contributed by atoms with E-state index < -0.39 is 5.60 Å². The van der Waals surface area contributed by atoms with Crippen LogP contribution < -0.4 is 5.32 Å². The Morgan fingerprint density at radius 3 is 2.82 bits per heavy atom. The lowest BCUT2D eigenvalue weighted by molar-refractivity contribution is 0.143. The van der Waals surface area contributed by atoms with Gasteiger partial charge in [0.2, 0.25) is 0 Å². The van der Waals surface area contributed by atoms with E-state index >= 15 is 0 Å². The molecule has 1 rings (SSSR count). The smallest absolute Gasteiger partial charge is 0.120 e. The minimum absolute atomic E-state index is 0.0837. The van der Waals surface area contributed by atoms with Crippen LogP contribution in [-0.2, 0) is 4.74 Å². The maximum absolute atomic E-state index is 9.48. The first kappa shape index (κ1) is 13.4. The van der Waals surface area contributed by atoms with E-state index in [1.54, 1.807) is 13.8 Å². The van der Waals surface area contributed by atoms with E-state index in [0.29, 0.717) is 12.4 Å². The second kappa shape index (κ2) is 5.60. The van der Waals surface area contributed by atoms with Crippen molar-refractivity contribution in [2.75, 3.05) is 6.61 Å². The van der Waals surface area contributed by atoms with Crippen molar-refractivity contribution in [2.45, 2.75) is 32.4 Å². The second-order valence-electron chi connectivity index (χ2n) is 4.29. The molecule has 92 valence electrons. The minimum Gasteiger partial charge on any atom is -0.494 e. The third-order valence-corrected chi connectivity index (χ3v) is 2.06. The van der Waals surface area contributed by atoms with Gasteiger partial charge in [0, 0.05) is 11.8 Å². The Morgan fingerprint density at radius 2 is 2.35 bits per heavy atom. The molecule has 0 saturated carbocycles. The molecule has 0 aliphatic carbocycles. The lowest BCUT2D eigenvalue weighted by Gasteiger charge is -2.16. The quantitative estimate of drug-likeness (QED) is 0.576. The molecule has 0 radical (unpaired) electrons. The van der Waals surface area contributed by atoms with Crippen molar-refractivity contribution in [2.24, 2.45) is 0 Å². The van der Waals surface area contributed by atoms with Crippen LogP contribution in [0.3, 0.4) is 0 Å². The molecule has 0 aromatic heterocycles. The van der Waals surface area contributed by atoms with E-state index in [1.807, 2.05) is 25.3 Å². The summed E-state index contributed by atoms with van der Waals surface area (Å²) in [6, 6.07) is -0.0837. The summed E-state index contributed by atoms with van der Waals surface area (Å²) in [6.07, 6.45) is 5.65. The Balaban J connectivity index is 2.59. The first-order chi connectivity index (χ1) is 7.92. The van der Waals surface area contributed by atoms with Gasteiger partial charge in [-0.2, -0.15) is 0 Å². The van der Waals surface area contributed by atoms with Crippen LogP contribution in [0, 0.1) is 11.8 Å². The minimum atomic E-state index is -0.964. The molecule has 0 saturated heterocycles. The molecular weight excluding hydrogens is 214 g/mol. The summed E-state index contributed by atoms with van der Waals surface area (Å²) in [6.45, 7) is 9.66. The Bertz CT molecular complexity index is 402. The molecule has 0 aromatic rings. The molecule has 17 heavy (non-hydrogen) atoms. The summed E-state index contributed by atoms with van der Waals surface area (Å²) in [5.74, 6) is 6.35. The first-order valence-corrected chi connectivity index (χ1v) is 5.64. The SMILES string of the molecule is C=C(OCC)C1=CNC(C#CC(C)(C)O)C=C1. The van der Waals surface area contributed by atoms with E-state index in [-0.39, 0.29) is 6.04 Å². The number of hydrogen-bond donors (Lipinski definition) is 2. The molecule has 2 N–H and O–H groups in total. The number of aliphatic hydroxyl groups is 1. The Labute approximate surface area is 103 Å². The van der Waals surface area contributed by atoms with Gasteiger partial charge in [-0.05, 0) is 26.8 Å². The van der Waals surface area contributed by atoms with Crippen LogP contribution in [0.15, 0.2) is 36.3 Å². The van der Waals surface area contributed by atoms with Crippen molar-refractivity contribution >= 4 is 0 Å². The molecule has 1 aliphatic heterocycles. The fourth-order valence-electron chi connectivity index (χ4n) is 1.26. The van der Waals surface area contributed by atoms with Crippen LogP contribution in [-0.4, -0.2) is 23.4 Å². The van der Waals surface area contributed by atoms with Gasteiger partial charge in [-0.3, -0.25) is 0 Å². The Morgan fingerprint density at radius 1 is 1.65 bits per heavy atom. The van der Waals surface area contributed by atoms with Gasteiger partial charge in [0.15, 0.2) is 0 Å². The van der Waals surface area contributed by atoms with E-state index in [0.717, 1.165) is 5.57 Å². The molecule has 1 aliphatic rings. The van der Waals surface area contributed by atoms with Crippen molar-refractivity contribution in [3.05, 3.63) is 36.3 Å². The second-order valence-corrected chi connectivity index (χ2v) is 4.29. The summed E-state index contributed by atoms with van der Waals surface area (Å²) in [5.41, 5.74) is -0.0535. The fourth-order valence-corrected chi connectivity index (χ4v) is 1.26. The normalized spacial score (nSPS) is 18.6. The molecule has 0 amide bonds. The van der Waals surface area contributed by atoms with Crippen molar-refractivity contribution < 1.29 is 9.84 Å². The van der Waals surface area contributed by atoms with Gasteiger partial charge in [-0.25, -0.2) is 0 Å². The zero-order valence-corrected chi connectivity index (χ0v) is 10.6. The highest BCUT2D eigenvalue weighted by Crippen LogP contribution is 2.13. The maximum atomic E-state index is 9.48. The highest BCUT2D eigenvalue weighted by Gasteiger charge is 2.10. The summed E-state index contributed by atoms with van der Waals surface area (Å²) >= 11 is 0. The van der Waals surface area contributed by atoms with E-state index in [4.69, 9.17) is 4.74 Å². The largest absolute Gasteiger partial charge is 0.494 e. The van der Waals surface area contributed by atoms with E-state index in [9.17, 15) is 5.11 Å². The fraction of sp³-hybridized carbons (Fsp3) is 0.429. The lowest BCUT2D eigenvalue weighted by atomic mass is 10.1. The van der Waals surface area contributed by atoms with Crippen molar-refractivity contribution in [1.29, 1.82) is 0 Å². The molecule has 1 heterocycles. The predicted octanol–water partition coefficient (Wildman–Crippen LogP) is 1.72. The molecule has 0 spiro atoms. The molecule has 0 bridgehead atoms. The summed E-state index contributed by atoms with van der Waals surface area (Å²) < 4.78 is 5.30. The van der Waals surface area contributed by atoms with Gasteiger partial charge in [0.05, 0.1) is 6.61 Å². The number of ether oxygens (including phenoxy) is 1. The highest BCUT2D eigenvalue weighted by atomic mass is 16.5.